The highest BCUT2D eigenvalue weighted by Gasteiger charge is 2.30. The number of hydrogen-bond donors (Lipinski definition) is 3. The van der Waals surface area contributed by atoms with Crippen molar-refractivity contribution in [3.8, 4) is 5.75 Å². The molecule has 0 saturated heterocycles. The molecule has 2 amide bonds. The molecule has 2 rings (SSSR count). The van der Waals surface area contributed by atoms with Crippen molar-refractivity contribution in [1.29, 1.82) is 0 Å². The van der Waals surface area contributed by atoms with E-state index >= 15 is 0 Å². The summed E-state index contributed by atoms with van der Waals surface area (Å²) < 4.78 is 10.1. The highest BCUT2D eigenvalue weighted by molar-refractivity contribution is 5.90. The summed E-state index contributed by atoms with van der Waals surface area (Å²) in [7, 11) is 1.26. The number of carbonyl (C=O) groups is 3. The van der Waals surface area contributed by atoms with Gasteiger partial charge in [0.1, 0.15) is 24.4 Å². The van der Waals surface area contributed by atoms with Crippen LogP contribution in [0.3, 0.4) is 0 Å². The Hall–Kier alpha value is -3.55. The van der Waals surface area contributed by atoms with E-state index in [2.05, 4.69) is 10.6 Å². The number of amides is 2. The number of phenols is 1. The fourth-order valence-corrected chi connectivity index (χ4v) is 3.03. The predicted octanol–water partition coefficient (Wildman–Crippen LogP) is 2.93. The molecule has 0 spiro atoms. The first-order valence-electron chi connectivity index (χ1n) is 10.5. The molecule has 0 bridgehead atoms. The molecule has 0 aliphatic rings. The number of aromatic hydroxyl groups is 1. The van der Waals surface area contributed by atoms with Gasteiger partial charge in [-0.3, -0.25) is 4.79 Å². The smallest absolute Gasteiger partial charge is 0.408 e. The van der Waals surface area contributed by atoms with Gasteiger partial charge in [0.25, 0.3) is 0 Å². The van der Waals surface area contributed by atoms with Gasteiger partial charge in [-0.05, 0) is 29.2 Å². The number of hydrogen-bond acceptors (Lipinski definition) is 6. The molecule has 2 aromatic carbocycles. The van der Waals surface area contributed by atoms with E-state index in [1.807, 2.05) is 44.2 Å². The quantitative estimate of drug-likeness (QED) is 0.488. The molecular formula is C24H30N2O6. The molecule has 0 saturated carbocycles. The van der Waals surface area contributed by atoms with Gasteiger partial charge in [0.05, 0.1) is 7.11 Å². The van der Waals surface area contributed by atoms with E-state index in [-0.39, 0.29) is 24.7 Å². The molecule has 3 atom stereocenters. The minimum absolute atomic E-state index is 0.0534. The fraction of sp³-hybridized carbons (Fsp3) is 0.375. The number of phenolic OH excluding ortho intramolecular Hbond substituents is 1. The third-order valence-corrected chi connectivity index (χ3v) is 5.16. The number of rotatable bonds is 10. The maximum atomic E-state index is 13.0. The van der Waals surface area contributed by atoms with E-state index in [0.717, 1.165) is 5.56 Å². The summed E-state index contributed by atoms with van der Waals surface area (Å²) in [6, 6.07) is 13.6. The number of ether oxygens (including phenoxy) is 2. The Balaban J connectivity index is 2.12. The molecule has 0 fully saturated rings. The maximum Gasteiger partial charge on any atom is 0.408 e. The van der Waals surface area contributed by atoms with Crippen LogP contribution >= 0.6 is 0 Å². The van der Waals surface area contributed by atoms with E-state index in [1.54, 1.807) is 12.1 Å². The van der Waals surface area contributed by atoms with Crippen molar-refractivity contribution < 1.29 is 29.0 Å². The third-order valence-electron chi connectivity index (χ3n) is 5.16. The third kappa shape index (κ3) is 7.61. The van der Waals surface area contributed by atoms with Crippen molar-refractivity contribution in [3.63, 3.8) is 0 Å². The van der Waals surface area contributed by atoms with E-state index in [9.17, 15) is 19.5 Å². The van der Waals surface area contributed by atoms with E-state index < -0.39 is 30.1 Å². The second-order valence-corrected chi connectivity index (χ2v) is 7.52. The Kier molecular flexibility index (Phi) is 9.53. The molecule has 0 aliphatic heterocycles. The van der Waals surface area contributed by atoms with E-state index in [0.29, 0.717) is 12.0 Å². The number of methoxy groups -OCH3 is 1. The number of alkyl carbamates (subject to hydrolysis) is 1. The van der Waals surface area contributed by atoms with E-state index in [4.69, 9.17) is 9.47 Å². The average molecular weight is 443 g/mol. The lowest BCUT2D eigenvalue weighted by atomic mass is 9.98. The lowest BCUT2D eigenvalue weighted by molar-refractivity contribution is -0.146. The van der Waals surface area contributed by atoms with Crippen LogP contribution in [0.25, 0.3) is 0 Å². The van der Waals surface area contributed by atoms with Gasteiger partial charge in [0, 0.05) is 6.42 Å². The number of benzene rings is 2. The summed E-state index contributed by atoms with van der Waals surface area (Å²) in [6.45, 7) is 3.79. The van der Waals surface area contributed by atoms with Crippen LogP contribution in [0.1, 0.15) is 31.4 Å². The first kappa shape index (κ1) is 24.7. The van der Waals surface area contributed by atoms with Crippen LogP contribution in [-0.4, -0.2) is 42.3 Å². The van der Waals surface area contributed by atoms with Crippen LogP contribution in [0.15, 0.2) is 54.6 Å². The summed E-state index contributed by atoms with van der Waals surface area (Å²) in [6.07, 6.45) is 0.0295. The van der Waals surface area contributed by atoms with Gasteiger partial charge in [-0.1, -0.05) is 62.7 Å². The van der Waals surface area contributed by atoms with Crippen molar-refractivity contribution in [2.45, 2.75) is 45.4 Å². The van der Waals surface area contributed by atoms with Crippen LogP contribution in [0.5, 0.6) is 5.75 Å². The van der Waals surface area contributed by atoms with Crippen LogP contribution < -0.4 is 10.6 Å². The molecule has 8 nitrogen and oxygen atoms in total. The van der Waals surface area contributed by atoms with Gasteiger partial charge >= 0.3 is 12.1 Å². The van der Waals surface area contributed by atoms with Crippen molar-refractivity contribution in [3.05, 3.63) is 65.7 Å². The van der Waals surface area contributed by atoms with Gasteiger partial charge in [-0.15, -0.1) is 0 Å². The van der Waals surface area contributed by atoms with Crippen molar-refractivity contribution in [2.75, 3.05) is 7.11 Å². The number of nitrogens with one attached hydrogen (secondary N) is 2. The van der Waals surface area contributed by atoms with Gasteiger partial charge in [-0.25, -0.2) is 9.59 Å². The molecule has 172 valence electrons. The van der Waals surface area contributed by atoms with Gasteiger partial charge in [0.15, 0.2) is 0 Å². The zero-order valence-corrected chi connectivity index (χ0v) is 18.5. The summed E-state index contributed by atoms with van der Waals surface area (Å²) in [4.78, 5) is 37.6. The highest BCUT2D eigenvalue weighted by atomic mass is 16.5. The molecule has 0 aromatic heterocycles. The number of esters is 1. The SMILES string of the molecule is CC[C@@H](C)[C@H](NC(=O)[C@H](Cc1ccc(O)cc1)NC(=O)OCc1ccccc1)C(=O)OC. The van der Waals surface area contributed by atoms with Crippen LogP contribution in [0.2, 0.25) is 0 Å². The molecule has 3 N–H and O–H groups in total. The Morgan fingerprint density at radius 1 is 0.969 bits per heavy atom. The second-order valence-electron chi connectivity index (χ2n) is 7.52. The predicted molar refractivity (Wildman–Crippen MR) is 119 cm³/mol. The van der Waals surface area contributed by atoms with Gasteiger partial charge < -0.3 is 25.2 Å². The Morgan fingerprint density at radius 3 is 2.22 bits per heavy atom. The molecule has 0 heterocycles. The largest absolute Gasteiger partial charge is 0.508 e. The van der Waals surface area contributed by atoms with Crippen LogP contribution in [0, 0.1) is 5.92 Å². The zero-order valence-electron chi connectivity index (χ0n) is 18.5. The Morgan fingerprint density at radius 2 is 1.62 bits per heavy atom. The van der Waals surface area contributed by atoms with Crippen molar-refractivity contribution in [2.24, 2.45) is 5.92 Å². The van der Waals surface area contributed by atoms with Crippen molar-refractivity contribution in [1.82, 2.24) is 10.6 Å². The van der Waals surface area contributed by atoms with E-state index in [1.165, 1.54) is 19.2 Å². The molecule has 0 unspecified atom stereocenters. The first-order valence-corrected chi connectivity index (χ1v) is 10.5. The normalized spacial score (nSPS) is 13.3. The summed E-state index contributed by atoms with van der Waals surface area (Å²) in [5.74, 6) is -1.16. The average Bonchev–Trinajstić information content (AvgIpc) is 2.81. The minimum atomic E-state index is -1.00. The van der Waals surface area contributed by atoms with Crippen molar-refractivity contribution >= 4 is 18.0 Å². The first-order chi connectivity index (χ1) is 15.3. The second kappa shape index (κ2) is 12.3. The Labute approximate surface area is 187 Å². The monoisotopic (exact) mass is 442 g/mol. The zero-order chi connectivity index (χ0) is 23.5. The lowest BCUT2D eigenvalue weighted by Gasteiger charge is -2.25. The molecule has 0 aliphatic carbocycles. The molecule has 32 heavy (non-hydrogen) atoms. The van der Waals surface area contributed by atoms with Gasteiger partial charge in [0.2, 0.25) is 5.91 Å². The van der Waals surface area contributed by atoms with Crippen LogP contribution in [-0.2, 0) is 32.1 Å². The fourth-order valence-electron chi connectivity index (χ4n) is 3.03. The summed E-state index contributed by atoms with van der Waals surface area (Å²) in [5, 5.41) is 14.8. The van der Waals surface area contributed by atoms with Crippen LogP contribution in [0.4, 0.5) is 4.79 Å². The highest BCUT2D eigenvalue weighted by Crippen LogP contribution is 2.13. The molecular weight excluding hydrogens is 412 g/mol. The topological polar surface area (TPSA) is 114 Å². The molecule has 2 aromatic rings. The Bertz CT molecular complexity index is 885. The van der Waals surface area contributed by atoms with Gasteiger partial charge in [-0.2, -0.15) is 0 Å². The standard InChI is InChI=1S/C24H30N2O6/c1-4-16(2)21(23(29)31-3)26-22(28)20(14-17-10-12-19(27)13-11-17)25-24(30)32-15-18-8-6-5-7-9-18/h5-13,16,20-21,27H,4,14-15H2,1-3H3,(H,25,30)(H,26,28)/t16-,20+,21+/m1/s1. The maximum absolute atomic E-state index is 13.0. The molecule has 0 radical (unpaired) electrons. The molecule has 8 heteroatoms. The lowest BCUT2D eigenvalue weighted by Crippen LogP contribution is -2.54. The minimum Gasteiger partial charge on any atom is -0.508 e. The summed E-state index contributed by atoms with van der Waals surface area (Å²) >= 11 is 0. The number of carbonyl (C=O) groups excluding carboxylic acids is 3. The summed E-state index contributed by atoms with van der Waals surface area (Å²) in [5.41, 5.74) is 1.52.